The quantitative estimate of drug-likeness (QED) is 0.407. The fourth-order valence-electron chi connectivity index (χ4n) is 2.73. The zero-order valence-electron chi connectivity index (χ0n) is 12.6. The van der Waals surface area contributed by atoms with Crippen LogP contribution in [0.4, 0.5) is 0 Å². The van der Waals surface area contributed by atoms with Crippen molar-refractivity contribution in [2.45, 2.75) is 59.8 Å². The van der Waals surface area contributed by atoms with Gasteiger partial charge < -0.3 is 4.48 Å². The maximum absolute atomic E-state index is 2.42. The van der Waals surface area contributed by atoms with Crippen molar-refractivity contribution in [3.05, 3.63) is 0 Å². The van der Waals surface area contributed by atoms with Crippen molar-refractivity contribution < 1.29 is 4.48 Å². The Balaban J connectivity index is 3.85. The van der Waals surface area contributed by atoms with Crippen molar-refractivity contribution in [3.63, 3.8) is 0 Å². The van der Waals surface area contributed by atoms with Crippen LogP contribution in [0, 0.1) is 11.8 Å². The van der Waals surface area contributed by atoms with Crippen molar-refractivity contribution >= 4 is 0 Å². The maximum atomic E-state index is 2.42. The highest BCUT2D eigenvalue weighted by atomic mass is 15.3. The minimum Gasteiger partial charge on any atom is -0.328 e. The minimum atomic E-state index is 0.859. The van der Waals surface area contributed by atoms with Crippen LogP contribution in [0.25, 0.3) is 0 Å². The van der Waals surface area contributed by atoms with Crippen molar-refractivity contribution in [1.82, 2.24) is 0 Å². The molecule has 98 valence electrons. The Hall–Kier alpha value is -0.0400. The third kappa shape index (κ3) is 8.15. The molecule has 0 heterocycles. The van der Waals surface area contributed by atoms with Gasteiger partial charge in [-0.2, -0.15) is 0 Å². The Morgan fingerprint density at radius 3 is 1.94 bits per heavy atom. The van der Waals surface area contributed by atoms with Crippen molar-refractivity contribution in [3.8, 4) is 0 Å². The van der Waals surface area contributed by atoms with Crippen LogP contribution in [0.1, 0.15) is 59.8 Å². The predicted octanol–water partition coefficient (Wildman–Crippen LogP) is 4.33. The highest BCUT2D eigenvalue weighted by Crippen LogP contribution is 2.16. The standard InChI is InChI=1S/C15H34N/c1-7-9-10-11-15(4)13-16(5,6)12-14(3)8-2/h14-15H,7-13H2,1-6H3/q+1. The van der Waals surface area contributed by atoms with E-state index in [1.165, 1.54) is 49.7 Å². The summed E-state index contributed by atoms with van der Waals surface area (Å²) in [5.74, 6) is 1.74. The van der Waals surface area contributed by atoms with E-state index in [0.717, 1.165) is 11.8 Å². The third-order valence-electron chi connectivity index (χ3n) is 3.61. The molecule has 2 atom stereocenters. The zero-order chi connectivity index (χ0) is 12.6. The molecule has 0 bridgehead atoms. The van der Waals surface area contributed by atoms with Crippen LogP contribution in [0.5, 0.6) is 0 Å². The number of rotatable bonds is 9. The molecule has 0 radical (unpaired) electrons. The molecule has 0 N–H and O–H groups in total. The van der Waals surface area contributed by atoms with E-state index >= 15 is 0 Å². The summed E-state index contributed by atoms with van der Waals surface area (Å²) >= 11 is 0. The van der Waals surface area contributed by atoms with Gasteiger partial charge in [-0.15, -0.1) is 0 Å². The first-order chi connectivity index (χ1) is 7.41. The van der Waals surface area contributed by atoms with E-state index in [-0.39, 0.29) is 0 Å². The Kier molecular flexibility index (Phi) is 8.09. The van der Waals surface area contributed by atoms with Gasteiger partial charge in [0, 0.05) is 11.8 Å². The topological polar surface area (TPSA) is 0 Å². The van der Waals surface area contributed by atoms with Crippen LogP contribution in [0.2, 0.25) is 0 Å². The van der Waals surface area contributed by atoms with Crippen molar-refractivity contribution in [1.29, 1.82) is 0 Å². The molecule has 0 saturated heterocycles. The molecule has 0 amide bonds. The molecule has 0 saturated carbocycles. The lowest BCUT2D eigenvalue weighted by Gasteiger charge is -2.34. The second-order valence-electron chi connectivity index (χ2n) is 6.42. The summed E-state index contributed by atoms with van der Waals surface area (Å²) in [5.41, 5.74) is 0. The van der Waals surface area contributed by atoms with Gasteiger partial charge in [0.2, 0.25) is 0 Å². The van der Waals surface area contributed by atoms with Gasteiger partial charge in [-0.3, -0.25) is 0 Å². The van der Waals surface area contributed by atoms with Gasteiger partial charge in [-0.25, -0.2) is 0 Å². The smallest absolute Gasteiger partial charge is 0.0808 e. The Labute approximate surface area is 104 Å². The number of nitrogens with zero attached hydrogens (tertiary/aromatic N) is 1. The fourth-order valence-corrected chi connectivity index (χ4v) is 2.73. The van der Waals surface area contributed by atoms with Crippen LogP contribution >= 0.6 is 0 Å². The van der Waals surface area contributed by atoms with Crippen molar-refractivity contribution in [2.75, 3.05) is 27.2 Å². The van der Waals surface area contributed by atoms with Crippen LogP contribution in [0.15, 0.2) is 0 Å². The molecular formula is C15H34N+. The van der Waals surface area contributed by atoms with Gasteiger partial charge >= 0.3 is 0 Å². The fraction of sp³-hybridized carbons (Fsp3) is 1.00. The van der Waals surface area contributed by atoms with E-state index < -0.39 is 0 Å². The van der Waals surface area contributed by atoms with Crippen LogP contribution in [-0.2, 0) is 0 Å². The summed E-state index contributed by atoms with van der Waals surface area (Å²) in [5, 5.41) is 0. The monoisotopic (exact) mass is 228 g/mol. The summed E-state index contributed by atoms with van der Waals surface area (Å²) in [6, 6.07) is 0. The lowest BCUT2D eigenvalue weighted by atomic mass is 10.0. The molecule has 0 aromatic heterocycles. The number of hydrogen-bond acceptors (Lipinski definition) is 0. The first-order valence-corrected chi connectivity index (χ1v) is 7.23. The highest BCUT2D eigenvalue weighted by Gasteiger charge is 2.21. The van der Waals surface area contributed by atoms with Crippen LogP contribution in [0.3, 0.4) is 0 Å². The summed E-state index contributed by atoms with van der Waals surface area (Å²) < 4.78 is 1.20. The molecule has 1 nitrogen and oxygen atoms in total. The molecule has 2 unspecified atom stereocenters. The van der Waals surface area contributed by atoms with Crippen LogP contribution in [-0.4, -0.2) is 31.7 Å². The first kappa shape index (κ1) is 16.0. The number of quaternary nitrogens is 1. The first-order valence-electron chi connectivity index (χ1n) is 7.23. The van der Waals surface area contributed by atoms with Gasteiger partial charge in [-0.1, -0.05) is 47.0 Å². The molecular weight excluding hydrogens is 194 g/mol. The second kappa shape index (κ2) is 8.11. The van der Waals surface area contributed by atoms with E-state index in [1.807, 2.05) is 0 Å². The van der Waals surface area contributed by atoms with Gasteiger partial charge in [0.1, 0.15) is 0 Å². The Morgan fingerprint density at radius 1 is 0.875 bits per heavy atom. The van der Waals surface area contributed by atoms with Gasteiger partial charge in [0.05, 0.1) is 27.2 Å². The molecule has 0 aliphatic heterocycles. The summed E-state index contributed by atoms with van der Waals surface area (Å²) in [6.07, 6.45) is 6.89. The molecule has 16 heavy (non-hydrogen) atoms. The lowest BCUT2D eigenvalue weighted by molar-refractivity contribution is -0.896. The van der Waals surface area contributed by atoms with Gasteiger partial charge in [0.25, 0.3) is 0 Å². The number of unbranched alkanes of at least 4 members (excludes halogenated alkanes) is 2. The highest BCUT2D eigenvalue weighted by molar-refractivity contribution is 4.54. The molecule has 0 rings (SSSR count). The van der Waals surface area contributed by atoms with Crippen molar-refractivity contribution in [2.24, 2.45) is 11.8 Å². The predicted molar refractivity (Wildman–Crippen MR) is 74.6 cm³/mol. The maximum Gasteiger partial charge on any atom is 0.0808 e. The average molecular weight is 228 g/mol. The molecule has 0 aliphatic rings. The second-order valence-corrected chi connectivity index (χ2v) is 6.42. The Bertz CT molecular complexity index is 163. The third-order valence-corrected chi connectivity index (χ3v) is 3.61. The SMILES string of the molecule is CCCCCC(C)C[N+](C)(C)CC(C)CC. The van der Waals surface area contributed by atoms with Gasteiger partial charge in [0.15, 0.2) is 0 Å². The summed E-state index contributed by atoms with van der Waals surface area (Å²) in [4.78, 5) is 0. The average Bonchev–Trinajstić information content (AvgIpc) is 2.16. The van der Waals surface area contributed by atoms with Gasteiger partial charge in [-0.05, 0) is 12.8 Å². The lowest BCUT2D eigenvalue weighted by Crippen LogP contribution is -2.45. The molecule has 0 aromatic rings. The van der Waals surface area contributed by atoms with E-state index in [4.69, 9.17) is 0 Å². The molecule has 0 aliphatic carbocycles. The molecule has 0 spiro atoms. The van der Waals surface area contributed by atoms with E-state index in [2.05, 4.69) is 41.8 Å². The normalized spacial score (nSPS) is 16.1. The summed E-state index contributed by atoms with van der Waals surface area (Å²) in [7, 11) is 4.78. The summed E-state index contributed by atoms with van der Waals surface area (Å²) in [6.45, 7) is 12.1. The largest absolute Gasteiger partial charge is 0.328 e. The van der Waals surface area contributed by atoms with E-state index in [9.17, 15) is 0 Å². The molecule has 0 fully saturated rings. The van der Waals surface area contributed by atoms with E-state index in [1.54, 1.807) is 0 Å². The molecule has 1 heteroatoms. The number of hydrogen-bond donors (Lipinski definition) is 0. The van der Waals surface area contributed by atoms with Crippen LogP contribution < -0.4 is 0 Å². The zero-order valence-corrected chi connectivity index (χ0v) is 12.6. The van der Waals surface area contributed by atoms with E-state index in [0.29, 0.717) is 0 Å². The minimum absolute atomic E-state index is 0.859. The Morgan fingerprint density at radius 2 is 1.44 bits per heavy atom. The molecule has 0 aromatic carbocycles.